The van der Waals surface area contributed by atoms with Crippen LogP contribution in [0.3, 0.4) is 0 Å². The smallest absolute Gasteiger partial charge is 0.151 e. The Kier molecular flexibility index (Phi) is 1.68. The molecular weight excluding hydrogens is 152 g/mol. The lowest BCUT2D eigenvalue weighted by molar-refractivity contribution is 0.601. The molecule has 1 atom stereocenters. The minimum Gasteiger partial charge on any atom is -0.387 e. The van der Waals surface area contributed by atoms with Crippen LogP contribution in [-0.4, -0.2) is 25.8 Å². The van der Waals surface area contributed by atoms with E-state index >= 15 is 0 Å². The van der Waals surface area contributed by atoms with Gasteiger partial charge in [-0.1, -0.05) is 0 Å². The van der Waals surface area contributed by atoms with Gasteiger partial charge in [0.05, 0.1) is 17.3 Å². The lowest BCUT2D eigenvalue weighted by atomic mass is 10.1. The third-order valence-corrected chi connectivity index (χ3v) is 3.44. The molecule has 0 aliphatic carbocycles. The van der Waals surface area contributed by atoms with Crippen LogP contribution in [-0.2, 0) is 9.84 Å². The Morgan fingerprint density at radius 1 is 1.60 bits per heavy atom. The van der Waals surface area contributed by atoms with Crippen molar-refractivity contribution >= 4 is 15.7 Å². The first kappa shape index (κ1) is 7.53. The van der Waals surface area contributed by atoms with Crippen LogP contribution >= 0.6 is 0 Å². The molecule has 0 aromatic rings. The second kappa shape index (κ2) is 2.23. The molecule has 4 nitrogen and oxygen atoms in total. The van der Waals surface area contributed by atoms with E-state index in [0.717, 1.165) is 0 Å². The van der Waals surface area contributed by atoms with Gasteiger partial charge in [0.15, 0.2) is 9.84 Å². The zero-order valence-electron chi connectivity index (χ0n) is 5.50. The van der Waals surface area contributed by atoms with Crippen molar-refractivity contribution in [2.24, 2.45) is 11.7 Å². The van der Waals surface area contributed by atoms with Crippen molar-refractivity contribution in [1.29, 1.82) is 5.41 Å². The molecule has 0 unspecified atom stereocenters. The summed E-state index contributed by atoms with van der Waals surface area (Å²) >= 11 is 0. The highest BCUT2D eigenvalue weighted by Gasteiger charge is 2.29. The number of nitrogens with two attached hydrogens (primary N) is 1. The van der Waals surface area contributed by atoms with E-state index in [1.165, 1.54) is 0 Å². The fourth-order valence-electron chi connectivity index (χ4n) is 1.04. The third kappa shape index (κ3) is 1.47. The van der Waals surface area contributed by atoms with Crippen molar-refractivity contribution in [3.8, 4) is 0 Å². The Morgan fingerprint density at radius 3 is 2.40 bits per heavy atom. The summed E-state index contributed by atoms with van der Waals surface area (Å²) in [6, 6.07) is 0. The van der Waals surface area contributed by atoms with Crippen molar-refractivity contribution < 1.29 is 8.42 Å². The van der Waals surface area contributed by atoms with E-state index in [0.29, 0.717) is 6.42 Å². The highest BCUT2D eigenvalue weighted by molar-refractivity contribution is 7.91. The highest BCUT2D eigenvalue weighted by Crippen LogP contribution is 2.17. The lowest BCUT2D eigenvalue weighted by Crippen LogP contribution is -2.23. The molecule has 0 aromatic carbocycles. The molecular formula is C5H10N2O2S. The molecule has 1 aliphatic rings. The van der Waals surface area contributed by atoms with Gasteiger partial charge in [0, 0.05) is 5.92 Å². The molecule has 0 aromatic heterocycles. The van der Waals surface area contributed by atoms with Crippen LogP contribution in [0.4, 0.5) is 0 Å². The maximum Gasteiger partial charge on any atom is 0.151 e. The predicted molar refractivity (Wildman–Crippen MR) is 38.7 cm³/mol. The van der Waals surface area contributed by atoms with Gasteiger partial charge in [-0.25, -0.2) is 8.42 Å². The Balaban J connectivity index is 2.69. The Hall–Kier alpha value is -0.580. The van der Waals surface area contributed by atoms with E-state index in [9.17, 15) is 8.42 Å². The van der Waals surface area contributed by atoms with Gasteiger partial charge in [-0.2, -0.15) is 0 Å². The zero-order chi connectivity index (χ0) is 7.78. The first-order valence-corrected chi connectivity index (χ1v) is 4.88. The van der Waals surface area contributed by atoms with Crippen molar-refractivity contribution in [3.63, 3.8) is 0 Å². The molecule has 1 saturated heterocycles. The van der Waals surface area contributed by atoms with Gasteiger partial charge < -0.3 is 5.73 Å². The first-order valence-electron chi connectivity index (χ1n) is 3.05. The molecule has 1 aliphatic heterocycles. The second-order valence-electron chi connectivity index (χ2n) is 2.56. The molecule has 0 saturated carbocycles. The number of hydrogen-bond donors (Lipinski definition) is 2. The SMILES string of the molecule is N=C(N)[C@@H]1CCS(=O)(=O)C1. The highest BCUT2D eigenvalue weighted by atomic mass is 32.2. The van der Waals surface area contributed by atoms with Crippen LogP contribution in [0.5, 0.6) is 0 Å². The molecule has 0 amide bonds. The van der Waals surface area contributed by atoms with E-state index in [1.54, 1.807) is 0 Å². The van der Waals surface area contributed by atoms with Gasteiger partial charge in [0.2, 0.25) is 0 Å². The van der Waals surface area contributed by atoms with Crippen molar-refractivity contribution in [3.05, 3.63) is 0 Å². The van der Waals surface area contributed by atoms with Crippen molar-refractivity contribution in [2.45, 2.75) is 6.42 Å². The Bertz CT molecular complexity index is 244. The van der Waals surface area contributed by atoms with Crippen LogP contribution < -0.4 is 5.73 Å². The summed E-state index contributed by atoms with van der Waals surface area (Å²) in [5.41, 5.74) is 5.14. The molecule has 0 radical (unpaired) electrons. The fourth-order valence-corrected chi connectivity index (χ4v) is 2.81. The van der Waals surface area contributed by atoms with E-state index in [2.05, 4.69) is 0 Å². The molecule has 10 heavy (non-hydrogen) atoms. The van der Waals surface area contributed by atoms with Crippen molar-refractivity contribution in [1.82, 2.24) is 0 Å². The Labute approximate surface area is 59.8 Å². The number of nitrogens with one attached hydrogen (secondary N) is 1. The maximum absolute atomic E-state index is 10.8. The maximum atomic E-state index is 10.8. The predicted octanol–water partition coefficient (Wildman–Crippen LogP) is -0.643. The third-order valence-electron chi connectivity index (χ3n) is 1.67. The monoisotopic (exact) mass is 162 g/mol. The molecule has 58 valence electrons. The van der Waals surface area contributed by atoms with Crippen LogP contribution in [0.25, 0.3) is 0 Å². The van der Waals surface area contributed by atoms with Crippen molar-refractivity contribution in [2.75, 3.05) is 11.5 Å². The molecule has 3 N–H and O–H groups in total. The summed E-state index contributed by atoms with van der Waals surface area (Å²) in [5, 5.41) is 6.98. The summed E-state index contributed by atoms with van der Waals surface area (Å²) < 4.78 is 21.6. The number of sulfone groups is 1. The average molecular weight is 162 g/mol. The first-order chi connectivity index (χ1) is 4.51. The van der Waals surface area contributed by atoms with Crippen LogP contribution in [0.2, 0.25) is 0 Å². The Morgan fingerprint density at radius 2 is 2.20 bits per heavy atom. The summed E-state index contributed by atoms with van der Waals surface area (Å²) in [6.45, 7) is 0. The minimum absolute atomic E-state index is 0.000995. The largest absolute Gasteiger partial charge is 0.387 e. The van der Waals surface area contributed by atoms with Gasteiger partial charge >= 0.3 is 0 Å². The van der Waals surface area contributed by atoms with Crippen LogP contribution in [0, 0.1) is 11.3 Å². The number of rotatable bonds is 1. The normalized spacial score (nSPS) is 30.2. The van der Waals surface area contributed by atoms with Gasteiger partial charge in [-0.05, 0) is 6.42 Å². The number of amidine groups is 1. The van der Waals surface area contributed by atoms with Crippen LogP contribution in [0.1, 0.15) is 6.42 Å². The van der Waals surface area contributed by atoms with Gasteiger partial charge in [0.25, 0.3) is 0 Å². The standard InChI is InChI=1S/C5H10N2O2S/c6-5(7)4-1-2-10(8,9)3-4/h4H,1-3H2,(H3,6,7)/t4-/m1/s1. The molecule has 0 bridgehead atoms. The molecule has 1 fully saturated rings. The fraction of sp³-hybridized carbons (Fsp3) is 0.800. The summed E-state index contributed by atoms with van der Waals surface area (Å²) in [6.07, 6.45) is 0.525. The zero-order valence-corrected chi connectivity index (χ0v) is 6.32. The minimum atomic E-state index is -2.86. The lowest BCUT2D eigenvalue weighted by Gasteiger charge is -2.01. The average Bonchev–Trinajstić information content (AvgIpc) is 2.10. The molecule has 1 heterocycles. The summed E-state index contributed by atoms with van der Waals surface area (Å²) in [5.74, 6) is 0.0469. The molecule has 0 spiro atoms. The number of hydrogen-bond acceptors (Lipinski definition) is 3. The van der Waals surface area contributed by atoms with E-state index in [-0.39, 0.29) is 23.3 Å². The van der Waals surface area contributed by atoms with Gasteiger partial charge in [-0.15, -0.1) is 0 Å². The van der Waals surface area contributed by atoms with E-state index < -0.39 is 9.84 Å². The van der Waals surface area contributed by atoms with E-state index in [1.807, 2.05) is 0 Å². The summed E-state index contributed by atoms with van der Waals surface area (Å²) in [7, 11) is -2.86. The quantitative estimate of drug-likeness (QED) is 0.397. The van der Waals surface area contributed by atoms with Gasteiger partial charge in [0.1, 0.15) is 0 Å². The van der Waals surface area contributed by atoms with Crippen LogP contribution in [0.15, 0.2) is 0 Å². The molecule has 1 rings (SSSR count). The van der Waals surface area contributed by atoms with E-state index in [4.69, 9.17) is 11.1 Å². The topological polar surface area (TPSA) is 84.0 Å². The second-order valence-corrected chi connectivity index (χ2v) is 4.78. The molecule has 5 heteroatoms. The summed E-state index contributed by atoms with van der Waals surface area (Å²) in [4.78, 5) is 0. The van der Waals surface area contributed by atoms with Gasteiger partial charge in [-0.3, -0.25) is 5.41 Å².